The SMILES string of the molecule is CCCC1CCC(c2ccc(-c3ccc(-c4ccc(OCC)c(F)c4F)cc3)cc2F)OC1. The zero-order valence-electron chi connectivity index (χ0n) is 19.0. The Labute approximate surface area is 193 Å². The molecular weight excluding hydrogens is 425 g/mol. The summed E-state index contributed by atoms with van der Waals surface area (Å²) < 4.78 is 54.7. The van der Waals surface area contributed by atoms with Crippen LogP contribution in [0.5, 0.6) is 5.75 Å². The maximum absolute atomic E-state index is 14.9. The average molecular weight is 455 g/mol. The van der Waals surface area contributed by atoms with Gasteiger partial charge in [0.1, 0.15) is 5.82 Å². The Hall–Kier alpha value is -2.79. The van der Waals surface area contributed by atoms with Gasteiger partial charge in [0.2, 0.25) is 5.82 Å². The van der Waals surface area contributed by atoms with Gasteiger partial charge in [-0.2, -0.15) is 4.39 Å². The lowest BCUT2D eigenvalue weighted by molar-refractivity contribution is -0.0211. The summed E-state index contributed by atoms with van der Waals surface area (Å²) in [6.45, 7) is 4.82. The van der Waals surface area contributed by atoms with Crippen molar-refractivity contribution >= 4 is 0 Å². The van der Waals surface area contributed by atoms with Gasteiger partial charge in [0.05, 0.1) is 19.3 Å². The molecule has 0 aliphatic carbocycles. The van der Waals surface area contributed by atoms with E-state index in [1.54, 1.807) is 37.3 Å². The Bertz CT molecular complexity index is 1090. The van der Waals surface area contributed by atoms with Gasteiger partial charge in [0, 0.05) is 11.1 Å². The lowest BCUT2D eigenvalue weighted by atomic mass is 9.91. The first-order valence-electron chi connectivity index (χ1n) is 11.6. The molecule has 0 aromatic heterocycles. The molecule has 0 amide bonds. The van der Waals surface area contributed by atoms with E-state index in [1.165, 1.54) is 18.2 Å². The molecule has 2 atom stereocenters. The van der Waals surface area contributed by atoms with E-state index in [9.17, 15) is 13.2 Å². The van der Waals surface area contributed by atoms with Crippen LogP contribution in [0, 0.1) is 23.4 Å². The van der Waals surface area contributed by atoms with Gasteiger partial charge in [-0.1, -0.05) is 49.7 Å². The zero-order chi connectivity index (χ0) is 23.4. The van der Waals surface area contributed by atoms with Gasteiger partial charge in [-0.3, -0.25) is 0 Å². The van der Waals surface area contributed by atoms with E-state index in [4.69, 9.17) is 9.47 Å². The maximum Gasteiger partial charge on any atom is 0.201 e. The van der Waals surface area contributed by atoms with E-state index < -0.39 is 11.6 Å². The van der Waals surface area contributed by atoms with Gasteiger partial charge < -0.3 is 9.47 Å². The predicted octanol–water partition coefficient (Wildman–Crippen LogP) is 8.10. The molecule has 0 saturated carbocycles. The Balaban J connectivity index is 1.51. The molecule has 0 radical (unpaired) electrons. The first-order valence-corrected chi connectivity index (χ1v) is 11.6. The maximum atomic E-state index is 14.9. The first kappa shape index (κ1) is 23.4. The van der Waals surface area contributed by atoms with Crippen LogP contribution in [0.1, 0.15) is 51.2 Å². The molecule has 0 spiro atoms. The van der Waals surface area contributed by atoms with E-state index >= 15 is 0 Å². The lowest BCUT2D eigenvalue weighted by Gasteiger charge is -2.29. The van der Waals surface area contributed by atoms with E-state index in [0.29, 0.717) is 23.7 Å². The van der Waals surface area contributed by atoms with Crippen molar-refractivity contribution in [2.45, 2.75) is 45.6 Å². The van der Waals surface area contributed by atoms with Crippen molar-refractivity contribution in [2.75, 3.05) is 13.2 Å². The van der Waals surface area contributed by atoms with Crippen molar-refractivity contribution in [3.05, 3.63) is 77.6 Å². The van der Waals surface area contributed by atoms with Crippen molar-refractivity contribution in [1.29, 1.82) is 0 Å². The molecule has 4 rings (SSSR count). The van der Waals surface area contributed by atoms with Gasteiger partial charge in [0.25, 0.3) is 0 Å². The summed E-state index contributed by atoms with van der Waals surface area (Å²) in [6.07, 6.45) is 3.98. The standard InChI is InChI=1S/C28H29F3O2/c1-3-5-18-6-14-25(33-17-18)23-12-11-21(16-24(23)29)19-7-9-20(10-8-19)22-13-15-26(32-4-2)28(31)27(22)30/h7-13,15-16,18,25H,3-6,14,17H2,1-2H3. The van der Waals surface area contributed by atoms with Crippen LogP contribution in [0.25, 0.3) is 22.3 Å². The van der Waals surface area contributed by atoms with Gasteiger partial charge in [0.15, 0.2) is 11.6 Å². The molecule has 1 heterocycles. The molecule has 3 aromatic carbocycles. The summed E-state index contributed by atoms with van der Waals surface area (Å²) >= 11 is 0. The Morgan fingerprint density at radius 2 is 1.58 bits per heavy atom. The van der Waals surface area contributed by atoms with Crippen LogP contribution in [0.2, 0.25) is 0 Å². The van der Waals surface area contributed by atoms with E-state index in [0.717, 1.165) is 36.8 Å². The molecule has 1 fully saturated rings. The second-order valence-electron chi connectivity index (χ2n) is 8.54. The zero-order valence-corrected chi connectivity index (χ0v) is 19.0. The van der Waals surface area contributed by atoms with Crippen molar-refractivity contribution in [2.24, 2.45) is 5.92 Å². The Kier molecular flexibility index (Phi) is 7.39. The first-order chi connectivity index (χ1) is 16.0. The summed E-state index contributed by atoms with van der Waals surface area (Å²) in [4.78, 5) is 0. The molecule has 0 bridgehead atoms. The normalized spacial score (nSPS) is 18.3. The fraction of sp³-hybridized carbons (Fsp3) is 0.357. The highest BCUT2D eigenvalue weighted by Gasteiger charge is 2.24. The van der Waals surface area contributed by atoms with Crippen molar-refractivity contribution in [3.63, 3.8) is 0 Å². The van der Waals surface area contributed by atoms with Gasteiger partial charge >= 0.3 is 0 Å². The molecule has 0 N–H and O–H groups in total. The molecule has 5 heteroatoms. The minimum absolute atomic E-state index is 0.103. The summed E-state index contributed by atoms with van der Waals surface area (Å²) in [7, 11) is 0. The highest BCUT2D eigenvalue weighted by atomic mass is 19.2. The molecule has 1 aliphatic heterocycles. The second-order valence-corrected chi connectivity index (χ2v) is 8.54. The van der Waals surface area contributed by atoms with Crippen LogP contribution in [0.4, 0.5) is 13.2 Å². The van der Waals surface area contributed by atoms with E-state index in [2.05, 4.69) is 6.92 Å². The number of benzene rings is 3. The molecule has 2 nitrogen and oxygen atoms in total. The van der Waals surface area contributed by atoms with Crippen LogP contribution in [0.15, 0.2) is 54.6 Å². The monoisotopic (exact) mass is 454 g/mol. The number of hydrogen-bond acceptors (Lipinski definition) is 2. The molecular formula is C28H29F3O2. The molecule has 1 aliphatic rings. The molecule has 1 saturated heterocycles. The van der Waals surface area contributed by atoms with Crippen LogP contribution >= 0.6 is 0 Å². The Morgan fingerprint density at radius 3 is 2.21 bits per heavy atom. The smallest absolute Gasteiger partial charge is 0.201 e. The highest BCUT2D eigenvalue weighted by Crippen LogP contribution is 2.36. The summed E-state index contributed by atoms with van der Waals surface area (Å²) in [5.41, 5.74) is 2.80. The van der Waals surface area contributed by atoms with Gasteiger partial charge in [-0.15, -0.1) is 0 Å². The molecule has 33 heavy (non-hydrogen) atoms. The molecule has 3 aromatic rings. The number of rotatable bonds is 7. The third-order valence-electron chi connectivity index (χ3n) is 6.29. The minimum Gasteiger partial charge on any atom is -0.491 e. The number of halogens is 3. The fourth-order valence-corrected chi connectivity index (χ4v) is 4.52. The summed E-state index contributed by atoms with van der Waals surface area (Å²) in [5, 5.41) is 0. The van der Waals surface area contributed by atoms with Crippen molar-refractivity contribution in [3.8, 4) is 28.0 Å². The van der Waals surface area contributed by atoms with Crippen LogP contribution in [-0.2, 0) is 4.74 Å². The predicted molar refractivity (Wildman–Crippen MR) is 125 cm³/mol. The number of hydrogen-bond donors (Lipinski definition) is 0. The van der Waals surface area contributed by atoms with Crippen LogP contribution < -0.4 is 4.74 Å². The molecule has 174 valence electrons. The quantitative estimate of drug-likeness (QED) is 0.359. The topological polar surface area (TPSA) is 18.5 Å². The van der Waals surface area contributed by atoms with E-state index in [-0.39, 0.29) is 29.8 Å². The molecule has 2 unspecified atom stereocenters. The largest absolute Gasteiger partial charge is 0.491 e. The fourth-order valence-electron chi connectivity index (χ4n) is 4.52. The van der Waals surface area contributed by atoms with Gasteiger partial charge in [-0.05, 0) is 67.0 Å². The third kappa shape index (κ3) is 5.09. The van der Waals surface area contributed by atoms with Crippen LogP contribution in [-0.4, -0.2) is 13.2 Å². The second kappa shape index (κ2) is 10.4. The third-order valence-corrected chi connectivity index (χ3v) is 6.29. The van der Waals surface area contributed by atoms with Gasteiger partial charge in [-0.25, -0.2) is 8.78 Å². The van der Waals surface area contributed by atoms with E-state index in [1.807, 2.05) is 6.07 Å². The number of ether oxygens (including phenoxy) is 2. The Morgan fingerprint density at radius 1 is 0.848 bits per heavy atom. The highest BCUT2D eigenvalue weighted by molar-refractivity contribution is 5.71. The van der Waals surface area contributed by atoms with Crippen LogP contribution in [0.3, 0.4) is 0 Å². The summed E-state index contributed by atoms with van der Waals surface area (Å²) in [6, 6.07) is 15.1. The average Bonchev–Trinajstić information content (AvgIpc) is 2.83. The lowest BCUT2D eigenvalue weighted by Crippen LogP contribution is -2.21. The summed E-state index contributed by atoms with van der Waals surface area (Å²) in [5.74, 6) is -1.76. The minimum atomic E-state index is -0.998. The van der Waals surface area contributed by atoms with Crippen molar-refractivity contribution < 1.29 is 22.6 Å². The van der Waals surface area contributed by atoms with Crippen molar-refractivity contribution in [1.82, 2.24) is 0 Å².